The Morgan fingerprint density at radius 1 is 1.16 bits per heavy atom. The van der Waals surface area contributed by atoms with Gasteiger partial charge in [-0.25, -0.2) is 4.98 Å². The van der Waals surface area contributed by atoms with Crippen molar-refractivity contribution in [2.75, 3.05) is 5.32 Å². The van der Waals surface area contributed by atoms with E-state index in [2.05, 4.69) is 20.6 Å². The van der Waals surface area contributed by atoms with Crippen molar-refractivity contribution in [2.24, 2.45) is 5.92 Å². The Balaban J connectivity index is 1.59. The number of anilines is 1. The number of hydrogen-bond acceptors (Lipinski definition) is 7. The van der Waals surface area contributed by atoms with Crippen LogP contribution >= 0.6 is 11.3 Å². The summed E-state index contributed by atoms with van der Waals surface area (Å²) in [5.41, 5.74) is 5.23. The Labute approximate surface area is 192 Å². The van der Waals surface area contributed by atoms with Gasteiger partial charge in [-0.2, -0.15) is 0 Å². The van der Waals surface area contributed by atoms with Crippen LogP contribution in [0, 0.1) is 5.92 Å². The van der Waals surface area contributed by atoms with Crippen molar-refractivity contribution in [2.45, 2.75) is 65.0 Å². The Hall–Kier alpha value is -2.87. The molecule has 0 radical (unpaired) electrons. The quantitative estimate of drug-likeness (QED) is 0.533. The monoisotopic (exact) mass is 451 g/mol. The molecular formula is C24H29N5O2S. The normalized spacial score (nSPS) is 18.6. The number of amides is 1. The van der Waals surface area contributed by atoms with Crippen LogP contribution in [0.5, 0.6) is 0 Å². The standard InChI is InChI=1S/C24H29N5O2S/c1-14(2)27-22-18(24(31)28-17-6-4-16(5-7-17)10-15(3)30)11-26-20-9-8-19(29-23(20)22)21-12-25-13-32-21/h8-9,11-14,16-17H,4-7,10H2,1-3H3,(H,26,27)(H,28,31). The number of Topliss-reactive ketones (excluding diaryl/α,β-unsaturated/α-hetero) is 1. The van der Waals surface area contributed by atoms with Crippen molar-refractivity contribution in [3.8, 4) is 10.6 Å². The van der Waals surface area contributed by atoms with Crippen LogP contribution in [0.1, 0.15) is 63.2 Å². The minimum absolute atomic E-state index is 0.116. The second kappa shape index (κ2) is 9.73. The highest BCUT2D eigenvalue weighted by Crippen LogP contribution is 2.31. The van der Waals surface area contributed by atoms with Crippen LogP contribution in [-0.4, -0.2) is 38.7 Å². The fraction of sp³-hybridized carbons (Fsp3) is 0.458. The summed E-state index contributed by atoms with van der Waals surface area (Å²) < 4.78 is 0. The van der Waals surface area contributed by atoms with E-state index in [1.165, 1.54) is 11.3 Å². The van der Waals surface area contributed by atoms with Crippen molar-refractivity contribution in [1.29, 1.82) is 0 Å². The fourth-order valence-electron chi connectivity index (χ4n) is 4.33. The third-order valence-corrected chi connectivity index (χ3v) is 6.63. The molecule has 0 unspecified atom stereocenters. The molecule has 1 fully saturated rings. The first-order chi connectivity index (χ1) is 15.4. The number of carbonyl (C=O) groups is 2. The van der Waals surface area contributed by atoms with Gasteiger partial charge in [0.15, 0.2) is 0 Å². The zero-order valence-electron chi connectivity index (χ0n) is 18.7. The maximum absolute atomic E-state index is 13.3. The molecule has 1 aliphatic rings. The van der Waals surface area contributed by atoms with Crippen LogP contribution in [0.3, 0.4) is 0 Å². The third kappa shape index (κ3) is 5.12. The van der Waals surface area contributed by atoms with Gasteiger partial charge < -0.3 is 15.4 Å². The molecule has 0 aromatic carbocycles. The van der Waals surface area contributed by atoms with Gasteiger partial charge in [0.2, 0.25) is 0 Å². The van der Waals surface area contributed by atoms with Gasteiger partial charge in [-0.3, -0.25) is 14.8 Å². The number of fused-ring (bicyclic) bond motifs is 1. The molecule has 1 saturated carbocycles. The molecule has 3 aromatic heterocycles. The number of hydrogen-bond donors (Lipinski definition) is 2. The third-order valence-electron chi connectivity index (χ3n) is 5.83. The molecule has 0 bridgehead atoms. The van der Waals surface area contributed by atoms with Crippen LogP contribution in [0.15, 0.2) is 30.0 Å². The van der Waals surface area contributed by atoms with Crippen LogP contribution < -0.4 is 10.6 Å². The molecule has 0 aliphatic heterocycles. The van der Waals surface area contributed by atoms with Gasteiger partial charge in [-0.1, -0.05) is 0 Å². The Bertz CT molecular complexity index is 1110. The number of ketones is 1. The van der Waals surface area contributed by atoms with E-state index in [1.54, 1.807) is 24.8 Å². The van der Waals surface area contributed by atoms with Crippen molar-refractivity contribution in [3.63, 3.8) is 0 Å². The first-order valence-corrected chi connectivity index (χ1v) is 12.0. The predicted octanol–water partition coefficient (Wildman–Crippen LogP) is 4.84. The molecular weight excluding hydrogens is 422 g/mol. The van der Waals surface area contributed by atoms with Crippen molar-refractivity contribution in [3.05, 3.63) is 35.6 Å². The number of pyridine rings is 2. The SMILES string of the molecule is CC(=O)CC1CCC(NC(=O)c2cnc3ccc(-c4cncs4)nc3c2NC(C)C)CC1. The lowest BCUT2D eigenvalue weighted by atomic mass is 9.83. The van der Waals surface area contributed by atoms with E-state index in [0.29, 0.717) is 29.1 Å². The van der Waals surface area contributed by atoms with Crippen LogP contribution in [0.25, 0.3) is 21.6 Å². The molecule has 3 heterocycles. The predicted molar refractivity (Wildman–Crippen MR) is 128 cm³/mol. The average molecular weight is 452 g/mol. The van der Waals surface area contributed by atoms with E-state index in [-0.39, 0.29) is 23.8 Å². The highest BCUT2D eigenvalue weighted by atomic mass is 32.1. The van der Waals surface area contributed by atoms with E-state index in [4.69, 9.17) is 4.98 Å². The first-order valence-electron chi connectivity index (χ1n) is 11.2. The van der Waals surface area contributed by atoms with Crippen LogP contribution in [0.2, 0.25) is 0 Å². The lowest BCUT2D eigenvalue weighted by molar-refractivity contribution is -0.118. The molecule has 32 heavy (non-hydrogen) atoms. The molecule has 1 aliphatic carbocycles. The zero-order chi connectivity index (χ0) is 22.7. The highest BCUT2D eigenvalue weighted by molar-refractivity contribution is 7.13. The maximum Gasteiger partial charge on any atom is 0.255 e. The summed E-state index contributed by atoms with van der Waals surface area (Å²) in [7, 11) is 0. The first kappa shape index (κ1) is 22.3. The highest BCUT2D eigenvalue weighted by Gasteiger charge is 2.25. The van der Waals surface area contributed by atoms with E-state index in [1.807, 2.05) is 26.0 Å². The second-order valence-corrected chi connectivity index (χ2v) is 9.76. The summed E-state index contributed by atoms with van der Waals surface area (Å²) in [6, 6.07) is 4.11. The van der Waals surface area contributed by atoms with Crippen LogP contribution in [0.4, 0.5) is 5.69 Å². The minimum atomic E-state index is -0.137. The van der Waals surface area contributed by atoms with Gasteiger partial charge in [0.1, 0.15) is 11.3 Å². The van der Waals surface area contributed by atoms with Crippen molar-refractivity contribution in [1.82, 2.24) is 20.3 Å². The minimum Gasteiger partial charge on any atom is -0.380 e. The lowest BCUT2D eigenvalue weighted by Gasteiger charge is -2.29. The molecule has 7 nitrogen and oxygen atoms in total. The van der Waals surface area contributed by atoms with Gasteiger partial charge in [0.05, 0.1) is 32.8 Å². The van der Waals surface area contributed by atoms with Gasteiger partial charge in [0.25, 0.3) is 5.91 Å². The number of rotatable bonds is 7. The van der Waals surface area contributed by atoms with Gasteiger partial charge in [0, 0.05) is 30.9 Å². The Morgan fingerprint density at radius 2 is 1.94 bits per heavy atom. The van der Waals surface area contributed by atoms with E-state index < -0.39 is 0 Å². The molecule has 0 atom stereocenters. The molecule has 3 aromatic rings. The van der Waals surface area contributed by atoms with Gasteiger partial charge in [-0.05, 0) is 64.5 Å². The summed E-state index contributed by atoms with van der Waals surface area (Å²) in [6.45, 7) is 5.73. The molecule has 1 amide bonds. The maximum atomic E-state index is 13.3. The number of carbonyl (C=O) groups excluding carboxylic acids is 2. The summed E-state index contributed by atoms with van der Waals surface area (Å²) >= 11 is 1.53. The molecule has 0 saturated heterocycles. The van der Waals surface area contributed by atoms with E-state index >= 15 is 0 Å². The summed E-state index contributed by atoms with van der Waals surface area (Å²) in [4.78, 5) is 39.1. The molecule has 4 rings (SSSR count). The second-order valence-electron chi connectivity index (χ2n) is 8.87. The Morgan fingerprint density at radius 3 is 2.59 bits per heavy atom. The average Bonchev–Trinajstić information content (AvgIpc) is 3.29. The number of thiazole rings is 1. The number of aromatic nitrogens is 3. The number of nitrogens with one attached hydrogen (secondary N) is 2. The topological polar surface area (TPSA) is 96.9 Å². The van der Waals surface area contributed by atoms with Crippen LogP contribution in [-0.2, 0) is 4.79 Å². The van der Waals surface area contributed by atoms with E-state index in [9.17, 15) is 9.59 Å². The van der Waals surface area contributed by atoms with E-state index in [0.717, 1.165) is 41.8 Å². The Kier molecular flexibility index (Phi) is 6.79. The fourth-order valence-corrected chi connectivity index (χ4v) is 4.92. The summed E-state index contributed by atoms with van der Waals surface area (Å²) in [5, 5.41) is 6.61. The van der Waals surface area contributed by atoms with Gasteiger partial charge >= 0.3 is 0 Å². The zero-order valence-corrected chi connectivity index (χ0v) is 19.5. The van der Waals surface area contributed by atoms with Gasteiger partial charge in [-0.15, -0.1) is 11.3 Å². The lowest BCUT2D eigenvalue weighted by Crippen LogP contribution is -2.38. The van der Waals surface area contributed by atoms with Crippen molar-refractivity contribution < 1.29 is 9.59 Å². The molecule has 2 N–H and O–H groups in total. The molecule has 0 spiro atoms. The summed E-state index contributed by atoms with van der Waals surface area (Å²) in [5.74, 6) is 0.549. The molecule has 8 heteroatoms. The number of nitrogens with zero attached hydrogens (tertiary/aromatic N) is 3. The molecule has 168 valence electrons. The summed E-state index contributed by atoms with van der Waals surface area (Å²) in [6.07, 6.45) is 7.80. The largest absolute Gasteiger partial charge is 0.380 e. The smallest absolute Gasteiger partial charge is 0.255 e. The van der Waals surface area contributed by atoms with Crippen molar-refractivity contribution >= 4 is 39.7 Å².